The van der Waals surface area contributed by atoms with Crippen LogP contribution in [0.4, 0.5) is 0 Å². The zero-order valence-electron chi connectivity index (χ0n) is 14.0. The summed E-state index contributed by atoms with van der Waals surface area (Å²) in [4.78, 5) is 0. The monoisotopic (exact) mass is 261 g/mol. The molecule has 0 amide bonds. The molecule has 0 N–H and O–H groups in total. The molecule has 0 spiro atoms. The third-order valence-electron chi connectivity index (χ3n) is 3.88. The molecule has 2 aromatic carbocycles. The van der Waals surface area contributed by atoms with Gasteiger partial charge in [-0.2, -0.15) is 4.57 Å². The highest BCUT2D eigenvalue weighted by atomic mass is 15.0. The smallest absolute Gasteiger partial charge is 0.194 e. The highest BCUT2D eigenvalue weighted by Gasteiger charge is 2.26. The molecule has 20 heavy (non-hydrogen) atoms. The van der Waals surface area contributed by atoms with E-state index in [2.05, 4.69) is 12.1 Å². The average Bonchev–Trinajstić information content (AvgIpc) is 2.91. The maximum Gasteiger partial charge on any atom is 0.213 e. The summed E-state index contributed by atoms with van der Waals surface area (Å²) in [6, 6.07) is 20.0. The fraction of sp³-hybridized carbons (Fsp3) is 0.105. The largest absolute Gasteiger partial charge is 0.213 e. The van der Waals surface area contributed by atoms with Crippen molar-refractivity contribution in [2.75, 3.05) is 0 Å². The van der Waals surface area contributed by atoms with E-state index in [9.17, 15) is 0 Å². The van der Waals surface area contributed by atoms with Crippen molar-refractivity contribution in [2.45, 2.75) is 13.4 Å². The molecule has 1 nitrogen and oxygen atoms in total. The van der Waals surface area contributed by atoms with E-state index in [1.54, 1.807) is 6.20 Å². The summed E-state index contributed by atoms with van der Waals surface area (Å²) in [5.74, 6) is 0. The van der Waals surface area contributed by atoms with Crippen LogP contribution in [0.3, 0.4) is 0 Å². The molecule has 1 aliphatic heterocycles. The van der Waals surface area contributed by atoms with Gasteiger partial charge in [-0.1, -0.05) is 48.5 Å². The molecule has 1 heteroatoms. The van der Waals surface area contributed by atoms with Crippen molar-refractivity contribution in [2.24, 2.45) is 0 Å². The van der Waals surface area contributed by atoms with Gasteiger partial charge < -0.3 is 0 Å². The molecule has 0 unspecified atom stereocenters. The lowest BCUT2D eigenvalue weighted by molar-refractivity contribution is -0.672. The maximum atomic E-state index is 7.91. The lowest BCUT2D eigenvalue weighted by Gasteiger charge is -2.05. The number of benzene rings is 2. The summed E-state index contributed by atoms with van der Waals surface area (Å²) in [5, 5.41) is 0. The van der Waals surface area contributed by atoms with Crippen LogP contribution in [-0.2, 0) is 6.54 Å². The second-order valence-electron chi connectivity index (χ2n) is 5.14. The lowest BCUT2D eigenvalue weighted by atomic mass is 9.99. The van der Waals surface area contributed by atoms with Crippen molar-refractivity contribution in [3.8, 4) is 22.4 Å². The standard InChI is InChI=1S/C19H16N/c1-14-12-20-13-16-9-5-6-10-17(16)19(20)11-18(14)15-7-3-2-4-8-15/h2-12H,13H2,1H3/q+1/i1D3. The molecule has 1 aromatic heterocycles. The van der Waals surface area contributed by atoms with Crippen LogP contribution in [0.1, 0.15) is 15.2 Å². The third-order valence-corrected chi connectivity index (χ3v) is 3.88. The molecule has 96 valence electrons. The van der Waals surface area contributed by atoms with Crippen LogP contribution in [0.5, 0.6) is 0 Å². The van der Waals surface area contributed by atoms with Crippen LogP contribution in [0, 0.1) is 6.85 Å². The molecule has 3 aromatic rings. The molecule has 0 saturated carbocycles. The number of hydrogen-bond donors (Lipinski definition) is 0. The van der Waals surface area contributed by atoms with Crippen molar-refractivity contribution in [3.05, 3.63) is 78.0 Å². The number of hydrogen-bond acceptors (Lipinski definition) is 0. The Hall–Kier alpha value is -2.41. The molecule has 0 atom stereocenters. The molecule has 0 aliphatic carbocycles. The predicted octanol–water partition coefficient (Wildman–Crippen LogP) is 3.98. The van der Waals surface area contributed by atoms with E-state index < -0.39 is 6.85 Å². The Bertz CT molecular complexity index is 883. The summed E-state index contributed by atoms with van der Waals surface area (Å²) < 4.78 is 25.8. The van der Waals surface area contributed by atoms with Gasteiger partial charge >= 0.3 is 0 Å². The summed E-state index contributed by atoms with van der Waals surface area (Å²) in [6.07, 6.45) is 1.80. The highest BCUT2D eigenvalue weighted by Crippen LogP contribution is 2.31. The minimum Gasteiger partial charge on any atom is -0.194 e. The van der Waals surface area contributed by atoms with Crippen LogP contribution in [0.25, 0.3) is 22.4 Å². The van der Waals surface area contributed by atoms with E-state index in [0.29, 0.717) is 5.56 Å². The van der Waals surface area contributed by atoms with Crippen molar-refractivity contribution < 1.29 is 8.68 Å². The Morgan fingerprint density at radius 1 is 0.950 bits per heavy atom. The van der Waals surface area contributed by atoms with Crippen LogP contribution in [-0.4, -0.2) is 0 Å². The number of pyridine rings is 1. The van der Waals surface area contributed by atoms with E-state index in [4.69, 9.17) is 4.11 Å². The van der Waals surface area contributed by atoms with Crippen LogP contribution in [0.15, 0.2) is 66.9 Å². The van der Waals surface area contributed by atoms with Crippen molar-refractivity contribution in [1.29, 1.82) is 0 Å². The van der Waals surface area contributed by atoms with E-state index in [1.807, 2.05) is 53.1 Å². The van der Waals surface area contributed by atoms with Gasteiger partial charge in [0, 0.05) is 21.3 Å². The Kier molecular flexibility index (Phi) is 1.87. The van der Waals surface area contributed by atoms with Crippen molar-refractivity contribution in [1.82, 2.24) is 0 Å². The SMILES string of the molecule is [2H]C([2H])([2H])c1c[n+]2c(cc1-c1ccccc1)-c1ccccc1C2. The zero-order valence-corrected chi connectivity index (χ0v) is 11.0. The van der Waals surface area contributed by atoms with Crippen LogP contribution >= 0.6 is 0 Å². The van der Waals surface area contributed by atoms with Crippen molar-refractivity contribution >= 4 is 0 Å². The van der Waals surface area contributed by atoms with Gasteiger partial charge in [0.15, 0.2) is 12.7 Å². The number of rotatable bonds is 1. The summed E-state index contributed by atoms with van der Waals surface area (Å²) in [5.41, 5.74) is 5.61. The first-order chi connectivity index (χ1) is 11.0. The molecule has 1 aliphatic rings. The van der Waals surface area contributed by atoms with Crippen molar-refractivity contribution in [3.63, 3.8) is 0 Å². The number of fused-ring (bicyclic) bond motifs is 3. The molecule has 2 heterocycles. The first-order valence-corrected chi connectivity index (χ1v) is 6.76. The summed E-state index contributed by atoms with van der Waals surface area (Å²) >= 11 is 0. The second kappa shape index (κ2) is 4.31. The van der Waals surface area contributed by atoms with E-state index >= 15 is 0 Å². The minimum atomic E-state index is -2.14. The number of aromatic nitrogens is 1. The molecule has 4 rings (SSSR count). The van der Waals surface area contributed by atoms with E-state index in [0.717, 1.165) is 23.4 Å². The van der Waals surface area contributed by atoms with Gasteiger partial charge in [-0.15, -0.1) is 0 Å². The van der Waals surface area contributed by atoms with Crippen LogP contribution < -0.4 is 4.57 Å². The molecular formula is C19H16N+. The van der Waals surface area contributed by atoms with Gasteiger partial charge in [0.1, 0.15) is 0 Å². The number of nitrogens with zero attached hydrogens (tertiary/aromatic N) is 1. The normalized spacial score (nSPS) is 14.9. The van der Waals surface area contributed by atoms with Gasteiger partial charge in [-0.3, -0.25) is 0 Å². The molecule has 0 bridgehead atoms. The van der Waals surface area contributed by atoms with Gasteiger partial charge in [0.05, 0.1) is 5.56 Å². The Balaban J connectivity index is 1.99. The quantitative estimate of drug-likeness (QED) is 0.456. The lowest BCUT2D eigenvalue weighted by Crippen LogP contribution is -2.32. The maximum absolute atomic E-state index is 7.91. The molecular weight excluding hydrogens is 242 g/mol. The molecule has 0 radical (unpaired) electrons. The summed E-state index contributed by atoms with van der Waals surface area (Å²) in [6.45, 7) is -1.41. The average molecular weight is 261 g/mol. The second-order valence-corrected chi connectivity index (χ2v) is 5.14. The fourth-order valence-electron chi connectivity index (χ4n) is 2.90. The Labute approximate surface area is 123 Å². The zero-order chi connectivity index (χ0) is 16.0. The third kappa shape index (κ3) is 1.67. The predicted molar refractivity (Wildman–Crippen MR) is 81.3 cm³/mol. The molecule has 0 saturated heterocycles. The van der Waals surface area contributed by atoms with E-state index in [1.165, 1.54) is 11.1 Å². The van der Waals surface area contributed by atoms with Gasteiger partial charge in [-0.25, -0.2) is 0 Å². The Morgan fingerprint density at radius 3 is 2.60 bits per heavy atom. The topological polar surface area (TPSA) is 3.88 Å². The number of aryl methyl sites for hydroxylation is 1. The first kappa shape index (κ1) is 8.70. The van der Waals surface area contributed by atoms with Gasteiger partial charge in [-0.05, 0) is 24.0 Å². The first-order valence-electron chi connectivity index (χ1n) is 8.26. The van der Waals surface area contributed by atoms with Crippen LogP contribution in [0.2, 0.25) is 0 Å². The highest BCUT2D eigenvalue weighted by molar-refractivity contribution is 5.73. The van der Waals surface area contributed by atoms with E-state index in [-0.39, 0.29) is 0 Å². The fourth-order valence-corrected chi connectivity index (χ4v) is 2.90. The summed E-state index contributed by atoms with van der Waals surface area (Å²) in [7, 11) is 0. The molecule has 0 fully saturated rings. The Morgan fingerprint density at radius 2 is 1.75 bits per heavy atom. The van der Waals surface area contributed by atoms with Gasteiger partial charge in [0.2, 0.25) is 5.69 Å². The minimum absolute atomic E-state index is 0.403. The van der Waals surface area contributed by atoms with Gasteiger partial charge in [0.25, 0.3) is 0 Å².